The Morgan fingerprint density at radius 3 is 2.62 bits per heavy atom. The van der Waals surface area contributed by atoms with Crippen LogP contribution in [0.15, 0.2) is 36.8 Å². The SMILES string of the molecule is C[C@@H]1Cc2cnc(N3CCN(C[C@H]4CN(c5ccc(C#N)c6nccnc56)C[C@@H](C)O4)CC3)cc2CN1. The lowest BCUT2D eigenvalue weighted by atomic mass is 9.98. The van der Waals surface area contributed by atoms with Gasteiger partial charge >= 0.3 is 0 Å². The second kappa shape index (κ2) is 10.2. The Morgan fingerprint density at radius 2 is 1.81 bits per heavy atom. The number of hydrogen-bond donors (Lipinski definition) is 1. The van der Waals surface area contributed by atoms with Crippen LogP contribution < -0.4 is 15.1 Å². The maximum Gasteiger partial charge on any atom is 0.128 e. The highest BCUT2D eigenvalue weighted by Crippen LogP contribution is 2.29. The Balaban J connectivity index is 1.10. The molecular formula is C28H34N8O. The summed E-state index contributed by atoms with van der Waals surface area (Å²) in [5.74, 6) is 1.09. The highest BCUT2D eigenvalue weighted by atomic mass is 16.5. The first-order valence-electron chi connectivity index (χ1n) is 13.3. The highest BCUT2D eigenvalue weighted by molar-refractivity contribution is 5.92. The number of anilines is 2. The summed E-state index contributed by atoms with van der Waals surface area (Å²) in [6.45, 7) is 11.7. The van der Waals surface area contributed by atoms with E-state index < -0.39 is 0 Å². The van der Waals surface area contributed by atoms with Crippen molar-refractivity contribution in [2.75, 3.05) is 55.6 Å². The van der Waals surface area contributed by atoms with Crippen LogP contribution >= 0.6 is 0 Å². The molecule has 0 aliphatic carbocycles. The fraction of sp³-hybridized carbons (Fsp3) is 0.500. The van der Waals surface area contributed by atoms with Gasteiger partial charge in [-0.1, -0.05) is 0 Å². The van der Waals surface area contributed by atoms with Crippen LogP contribution in [0.25, 0.3) is 11.0 Å². The quantitative estimate of drug-likeness (QED) is 0.582. The smallest absolute Gasteiger partial charge is 0.128 e. The van der Waals surface area contributed by atoms with E-state index in [0.29, 0.717) is 17.1 Å². The maximum absolute atomic E-state index is 9.49. The fourth-order valence-corrected chi connectivity index (χ4v) is 5.90. The van der Waals surface area contributed by atoms with Gasteiger partial charge in [-0.25, -0.2) is 4.98 Å². The lowest BCUT2D eigenvalue weighted by molar-refractivity contribution is -0.0327. The van der Waals surface area contributed by atoms with E-state index in [1.54, 1.807) is 12.4 Å². The molecule has 3 atom stereocenters. The van der Waals surface area contributed by atoms with Gasteiger partial charge in [-0.05, 0) is 49.6 Å². The lowest BCUT2D eigenvalue weighted by Gasteiger charge is -2.42. The van der Waals surface area contributed by atoms with Crippen LogP contribution in [0, 0.1) is 11.3 Å². The van der Waals surface area contributed by atoms with Crippen molar-refractivity contribution >= 4 is 22.5 Å². The zero-order valence-corrected chi connectivity index (χ0v) is 21.6. The second-order valence-electron chi connectivity index (χ2n) is 10.6. The van der Waals surface area contributed by atoms with E-state index >= 15 is 0 Å². The number of pyridine rings is 1. The second-order valence-corrected chi connectivity index (χ2v) is 10.6. The van der Waals surface area contributed by atoms with Crippen molar-refractivity contribution in [2.45, 2.75) is 45.1 Å². The summed E-state index contributed by atoms with van der Waals surface area (Å²) in [4.78, 5) is 21.1. The number of nitriles is 1. The number of benzene rings is 1. The number of aromatic nitrogens is 3. The molecule has 2 saturated heterocycles. The minimum Gasteiger partial charge on any atom is -0.370 e. The van der Waals surface area contributed by atoms with Gasteiger partial charge in [0.25, 0.3) is 0 Å². The number of fused-ring (bicyclic) bond motifs is 2. The number of ether oxygens (including phenoxy) is 1. The minimum atomic E-state index is 0.104. The van der Waals surface area contributed by atoms with Gasteiger partial charge in [-0.2, -0.15) is 5.26 Å². The summed E-state index contributed by atoms with van der Waals surface area (Å²) in [6, 6.07) is 8.90. The van der Waals surface area contributed by atoms with Crippen molar-refractivity contribution in [1.82, 2.24) is 25.2 Å². The molecule has 0 amide bonds. The van der Waals surface area contributed by atoms with Gasteiger partial charge in [0.15, 0.2) is 0 Å². The Hall–Kier alpha value is -3.32. The van der Waals surface area contributed by atoms with Gasteiger partial charge in [0.05, 0.1) is 23.5 Å². The highest BCUT2D eigenvalue weighted by Gasteiger charge is 2.30. The molecule has 192 valence electrons. The molecule has 9 heteroatoms. The molecule has 0 spiro atoms. The molecule has 3 aliphatic rings. The summed E-state index contributed by atoms with van der Waals surface area (Å²) < 4.78 is 6.38. The van der Waals surface area contributed by atoms with Gasteiger partial charge in [-0.15, -0.1) is 0 Å². The van der Waals surface area contributed by atoms with Crippen molar-refractivity contribution in [3.05, 3.63) is 53.5 Å². The Labute approximate surface area is 218 Å². The normalized spacial score (nSPS) is 24.6. The fourth-order valence-electron chi connectivity index (χ4n) is 5.90. The molecule has 0 radical (unpaired) electrons. The summed E-state index contributed by atoms with van der Waals surface area (Å²) in [5, 5.41) is 13.1. The minimum absolute atomic E-state index is 0.104. The molecule has 2 fully saturated rings. The largest absolute Gasteiger partial charge is 0.370 e. The third-order valence-corrected chi connectivity index (χ3v) is 7.78. The van der Waals surface area contributed by atoms with E-state index in [0.717, 1.165) is 75.8 Å². The molecule has 6 rings (SSSR count). The van der Waals surface area contributed by atoms with Crippen LogP contribution in [-0.4, -0.2) is 83.9 Å². The van der Waals surface area contributed by atoms with E-state index in [1.807, 2.05) is 12.1 Å². The van der Waals surface area contributed by atoms with Crippen LogP contribution in [0.5, 0.6) is 0 Å². The number of hydrogen-bond acceptors (Lipinski definition) is 9. The van der Waals surface area contributed by atoms with Gasteiger partial charge in [0.1, 0.15) is 22.9 Å². The number of piperazine rings is 1. The predicted octanol–water partition coefficient (Wildman–Crippen LogP) is 2.35. The molecular weight excluding hydrogens is 464 g/mol. The average molecular weight is 499 g/mol. The molecule has 1 aromatic carbocycles. The maximum atomic E-state index is 9.49. The molecule has 1 N–H and O–H groups in total. The Kier molecular flexibility index (Phi) is 6.63. The van der Waals surface area contributed by atoms with Crippen molar-refractivity contribution in [1.29, 1.82) is 5.26 Å². The molecule has 2 aromatic heterocycles. The molecule has 3 aliphatic heterocycles. The first-order valence-corrected chi connectivity index (χ1v) is 13.3. The summed E-state index contributed by atoms with van der Waals surface area (Å²) >= 11 is 0. The summed E-state index contributed by atoms with van der Waals surface area (Å²) in [5.41, 5.74) is 5.79. The van der Waals surface area contributed by atoms with Crippen LogP contribution in [0.1, 0.15) is 30.5 Å². The van der Waals surface area contributed by atoms with E-state index in [-0.39, 0.29) is 12.2 Å². The van der Waals surface area contributed by atoms with Crippen molar-refractivity contribution in [2.24, 2.45) is 0 Å². The number of rotatable bonds is 4. The van der Waals surface area contributed by atoms with Crippen LogP contribution in [0.4, 0.5) is 11.5 Å². The van der Waals surface area contributed by atoms with E-state index in [4.69, 9.17) is 9.72 Å². The molecule has 0 saturated carbocycles. The third-order valence-electron chi connectivity index (χ3n) is 7.78. The van der Waals surface area contributed by atoms with Crippen molar-refractivity contribution in [3.8, 4) is 6.07 Å². The summed E-state index contributed by atoms with van der Waals surface area (Å²) in [7, 11) is 0. The molecule has 0 unspecified atom stereocenters. The van der Waals surface area contributed by atoms with E-state index in [9.17, 15) is 5.26 Å². The van der Waals surface area contributed by atoms with Gasteiger partial charge in [0.2, 0.25) is 0 Å². The molecule has 3 aromatic rings. The number of nitrogens with zero attached hydrogens (tertiary/aromatic N) is 7. The monoisotopic (exact) mass is 498 g/mol. The van der Waals surface area contributed by atoms with Crippen LogP contribution in [0.3, 0.4) is 0 Å². The zero-order valence-electron chi connectivity index (χ0n) is 21.6. The first kappa shape index (κ1) is 24.0. The lowest BCUT2D eigenvalue weighted by Crippen LogP contribution is -2.54. The van der Waals surface area contributed by atoms with Gasteiger partial charge in [-0.3, -0.25) is 14.9 Å². The first-order chi connectivity index (χ1) is 18.1. The summed E-state index contributed by atoms with van der Waals surface area (Å²) in [6.07, 6.45) is 6.69. The number of nitrogens with one attached hydrogen (secondary N) is 1. The van der Waals surface area contributed by atoms with E-state index in [1.165, 1.54) is 11.1 Å². The van der Waals surface area contributed by atoms with Gasteiger partial charge in [0, 0.05) is 77.0 Å². The topological polar surface area (TPSA) is 93.4 Å². The van der Waals surface area contributed by atoms with Crippen LogP contribution in [-0.2, 0) is 17.7 Å². The molecule has 0 bridgehead atoms. The van der Waals surface area contributed by atoms with Crippen LogP contribution in [0.2, 0.25) is 0 Å². The zero-order chi connectivity index (χ0) is 25.4. The molecule has 5 heterocycles. The molecule has 9 nitrogen and oxygen atoms in total. The average Bonchev–Trinajstić information content (AvgIpc) is 2.92. The number of morpholine rings is 1. The Morgan fingerprint density at radius 1 is 1.00 bits per heavy atom. The molecule has 37 heavy (non-hydrogen) atoms. The standard InChI is InChI=1S/C28H34N8O/c1-19-11-22-15-33-26(12-23(22)14-32-19)35-9-7-34(8-10-35)17-24-18-36(16-20(2)37-24)25-4-3-21(13-29)27-28(25)31-6-5-30-27/h3-6,12,15,19-20,24,32H,7-11,14,16-18H2,1-2H3/t19-,20-,24+/m1/s1. The predicted molar refractivity (Wildman–Crippen MR) is 144 cm³/mol. The van der Waals surface area contributed by atoms with Crippen molar-refractivity contribution in [3.63, 3.8) is 0 Å². The van der Waals surface area contributed by atoms with Gasteiger partial charge < -0.3 is 19.9 Å². The third kappa shape index (κ3) is 4.97. The van der Waals surface area contributed by atoms with Crippen molar-refractivity contribution < 1.29 is 4.74 Å². The van der Waals surface area contributed by atoms with E-state index in [2.05, 4.69) is 62.2 Å². The Bertz CT molecular complexity index is 1320.